The Labute approximate surface area is 175 Å². The molecule has 0 spiro atoms. The molecule has 3 fully saturated rings. The van der Waals surface area contributed by atoms with Gasteiger partial charge in [-0.15, -0.1) is 0 Å². The second-order valence-corrected chi connectivity index (χ2v) is 9.06. The fourth-order valence-corrected chi connectivity index (χ4v) is 5.50. The van der Waals surface area contributed by atoms with Crippen molar-refractivity contribution in [3.63, 3.8) is 0 Å². The van der Waals surface area contributed by atoms with Crippen LogP contribution < -0.4 is 15.4 Å². The van der Waals surface area contributed by atoms with Crippen molar-refractivity contribution in [2.45, 2.75) is 57.0 Å². The first-order valence-corrected chi connectivity index (χ1v) is 10.8. The third-order valence-electron chi connectivity index (χ3n) is 7.13. The second-order valence-electron chi connectivity index (χ2n) is 9.06. The number of ether oxygens (including phenoxy) is 1. The average Bonchev–Trinajstić information content (AvgIpc) is 3.16. The maximum absolute atomic E-state index is 13.3. The molecule has 1 aliphatic heterocycles. The van der Waals surface area contributed by atoms with Gasteiger partial charge in [0.25, 0.3) is 0 Å². The van der Waals surface area contributed by atoms with Crippen molar-refractivity contribution >= 4 is 5.91 Å². The van der Waals surface area contributed by atoms with Crippen LogP contribution in [0.2, 0.25) is 0 Å². The molecule has 0 aromatic heterocycles. The zero-order chi connectivity index (χ0) is 21.4. The molecule has 1 aromatic rings. The van der Waals surface area contributed by atoms with Gasteiger partial charge < -0.3 is 25.6 Å². The summed E-state index contributed by atoms with van der Waals surface area (Å²) >= 11 is 0. The summed E-state index contributed by atoms with van der Waals surface area (Å²) in [5.41, 5.74) is 0. The Bertz CT molecular complexity index is 751. The molecule has 6 nitrogen and oxygen atoms in total. The lowest BCUT2D eigenvalue weighted by Gasteiger charge is -2.44. The molecule has 4 N–H and O–H groups in total. The molecular weight excluding hydrogens is 394 g/mol. The molecule has 8 heteroatoms. The minimum atomic E-state index is -0.905. The minimum absolute atomic E-state index is 0.00519. The monoisotopic (exact) mass is 424 g/mol. The molecule has 30 heavy (non-hydrogen) atoms. The number of halogens is 2. The van der Waals surface area contributed by atoms with E-state index < -0.39 is 23.8 Å². The van der Waals surface area contributed by atoms with Crippen LogP contribution in [0.1, 0.15) is 32.6 Å². The van der Waals surface area contributed by atoms with E-state index in [0.29, 0.717) is 38.8 Å². The summed E-state index contributed by atoms with van der Waals surface area (Å²) in [5.74, 6) is -1.97. The van der Waals surface area contributed by atoms with Crippen LogP contribution in [0.15, 0.2) is 18.2 Å². The topological polar surface area (TPSA) is 90.8 Å². The number of amides is 1. The van der Waals surface area contributed by atoms with Gasteiger partial charge in [0.1, 0.15) is 17.4 Å². The highest BCUT2D eigenvalue weighted by molar-refractivity contribution is 5.80. The number of hydrogen-bond acceptors (Lipinski definition) is 5. The van der Waals surface area contributed by atoms with Crippen LogP contribution in [0.25, 0.3) is 0 Å². The van der Waals surface area contributed by atoms with E-state index in [4.69, 9.17) is 4.74 Å². The number of benzene rings is 1. The van der Waals surface area contributed by atoms with E-state index >= 15 is 0 Å². The van der Waals surface area contributed by atoms with E-state index in [2.05, 4.69) is 10.6 Å². The number of carbonyl (C=O) groups is 1. The van der Waals surface area contributed by atoms with Gasteiger partial charge in [0.15, 0.2) is 0 Å². The largest absolute Gasteiger partial charge is 0.490 e. The molecule has 0 bridgehead atoms. The predicted molar refractivity (Wildman–Crippen MR) is 106 cm³/mol. The third kappa shape index (κ3) is 4.31. The van der Waals surface area contributed by atoms with E-state index in [-0.39, 0.29) is 47.5 Å². The lowest BCUT2D eigenvalue weighted by molar-refractivity contribution is -0.146. The SMILES string of the molecule is C[C@H]1[C@H](O)[C@@H](O)[C@H]2CNC[C@@H]2[C@H]1C(=O)NC1CCC(Oc2cc(F)cc(F)c2)CC1. The molecule has 166 valence electrons. The van der Waals surface area contributed by atoms with Crippen LogP contribution in [0.5, 0.6) is 5.75 Å². The van der Waals surface area contributed by atoms with Gasteiger partial charge in [0, 0.05) is 42.6 Å². The maximum Gasteiger partial charge on any atom is 0.224 e. The molecular formula is C22H30F2N2O4. The zero-order valence-corrected chi connectivity index (χ0v) is 17.1. The number of fused-ring (bicyclic) bond motifs is 1. The van der Waals surface area contributed by atoms with Crippen LogP contribution in [-0.4, -0.2) is 53.6 Å². The number of nitrogens with one attached hydrogen (secondary N) is 2. The van der Waals surface area contributed by atoms with Crippen LogP contribution in [0.4, 0.5) is 8.78 Å². The highest BCUT2D eigenvalue weighted by Gasteiger charge is 2.52. The molecule has 6 atom stereocenters. The molecule has 0 radical (unpaired) electrons. The van der Waals surface area contributed by atoms with Crippen molar-refractivity contribution in [2.24, 2.45) is 23.7 Å². The van der Waals surface area contributed by atoms with Gasteiger partial charge in [-0.1, -0.05) is 6.92 Å². The van der Waals surface area contributed by atoms with Crippen LogP contribution in [0, 0.1) is 35.3 Å². The van der Waals surface area contributed by atoms with Gasteiger partial charge in [-0.25, -0.2) is 8.78 Å². The van der Waals surface area contributed by atoms with E-state index in [9.17, 15) is 23.8 Å². The minimum Gasteiger partial charge on any atom is -0.490 e. The van der Waals surface area contributed by atoms with Crippen molar-refractivity contribution in [1.29, 1.82) is 0 Å². The molecule has 4 rings (SSSR count). The Morgan fingerprint density at radius 1 is 1.03 bits per heavy atom. The van der Waals surface area contributed by atoms with Gasteiger partial charge in [-0.3, -0.25) is 4.79 Å². The summed E-state index contributed by atoms with van der Waals surface area (Å²) in [6, 6.07) is 3.16. The Morgan fingerprint density at radius 2 is 1.67 bits per heavy atom. The lowest BCUT2D eigenvalue weighted by Crippen LogP contribution is -2.56. The first kappa shape index (κ1) is 21.5. The summed E-state index contributed by atoms with van der Waals surface area (Å²) in [7, 11) is 0. The van der Waals surface area contributed by atoms with Crippen LogP contribution in [0.3, 0.4) is 0 Å². The molecule has 2 aliphatic carbocycles. The summed E-state index contributed by atoms with van der Waals surface area (Å²) in [6.07, 6.45) is 0.936. The molecule has 2 saturated carbocycles. The zero-order valence-electron chi connectivity index (χ0n) is 17.1. The predicted octanol–water partition coefficient (Wildman–Crippen LogP) is 1.59. The number of carbonyl (C=O) groups excluding carboxylic acids is 1. The van der Waals surface area contributed by atoms with E-state index in [1.807, 2.05) is 6.92 Å². The molecule has 1 heterocycles. The van der Waals surface area contributed by atoms with E-state index in [1.54, 1.807) is 0 Å². The first-order valence-electron chi connectivity index (χ1n) is 10.8. The average molecular weight is 424 g/mol. The summed E-state index contributed by atoms with van der Waals surface area (Å²) in [5, 5.41) is 27.1. The quantitative estimate of drug-likeness (QED) is 0.590. The molecule has 1 saturated heterocycles. The highest BCUT2D eigenvalue weighted by Crippen LogP contribution is 2.41. The highest BCUT2D eigenvalue weighted by atomic mass is 19.1. The molecule has 1 aromatic carbocycles. The smallest absolute Gasteiger partial charge is 0.224 e. The number of aliphatic hydroxyl groups is 2. The Hall–Kier alpha value is -1.77. The fourth-order valence-electron chi connectivity index (χ4n) is 5.50. The van der Waals surface area contributed by atoms with Crippen molar-refractivity contribution < 1.29 is 28.5 Å². The number of hydrogen-bond donors (Lipinski definition) is 4. The Balaban J connectivity index is 1.32. The van der Waals surface area contributed by atoms with Crippen molar-refractivity contribution in [3.8, 4) is 5.75 Å². The van der Waals surface area contributed by atoms with Crippen molar-refractivity contribution in [3.05, 3.63) is 29.8 Å². The summed E-state index contributed by atoms with van der Waals surface area (Å²) in [6.45, 7) is 3.11. The van der Waals surface area contributed by atoms with Gasteiger partial charge in [0.05, 0.1) is 18.3 Å². The third-order valence-corrected chi connectivity index (χ3v) is 7.13. The van der Waals surface area contributed by atoms with Crippen LogP contribution >= 0.6 is 0 Å². The number of rotatable bonds is 4. The summed E-state index contributed by atoms with van der Waals surface area (Å²) in [4.78, 5) is 13.1. The van der Waals surface area contributed by atoms with Gasteiger partial charge >= 0.3 is 0 Å². The van der Waals surface area contributed by atoms with Crippen LogP contribution in [-0.2, 0) is 4.79 Å². The fraction of sp³-hybridized carbons (Fsp3) is 0.682. The first-order chi connectivity index (χ1) is 14.3. The van der Waals surface area contributed by atoms with Gasteiger partial charge in [-0.05, 0) is 44.1 Å². The van der Waals surface area contributed by atoms with Crippen molar-refractivity contribution in [2.75, 3.05) is 13.1 Å². The number of aliphatic hydroxyl groups excluding tert-OH is 2. The Kier molecular flexibility index (Phi) is 6.27. The molecule has 3 aliphatic rings. The van der Waals surface area contributed by atoms with Crippen molar-refractivity contribution in [1.82, 2.24) is 10.6 Å². The van der Waals surface area contributed by atoms with E-state index in [1.165, 1.54) is 12.1 Å². The second kappa shape index (κ2) is 8.77. The summed E-state index contributed by atoms with van der Waals surface area (Å²) < 4.78 is 32.4. The molecule has 1 amide bonds. The normalized spacial score (nSPS) is 38.7. The standard InChI is InChI=1S/C22H30F2N2O4/c1-11-19(17-9-25-10-18(17)21(28)20(11)27)22(29)26-14-2-4-15(5-3-14)30-16-7-12(23)6-13(24)8-16/h6-8,11,14-15,17-21,25,27-28H,2-5,9-10H2,1H3,(H,26,29)/t11-,14?,15?,17+,18+,19+,20+,21+/m1/s1. The van der Waals surface area contributed by atoms with E-state index in [0.717, 1.165) is 6.07 Å². The molecule has 0 unspecified atom stereocenters. The Morgan fingerprint density at radius 3 is 2.33 bits per heavy atom. The van der Waals surface area contributed by atoms with Gasteiger partial charge in [0.2, 0.25) is 5.91 Å². The lowest BCUT2D eigenvalue weighted by atomic mass is 9.65. The maximum atomic E-state index is 13.3. The van der Waals surface area contributed by atoms with Gasteiger partial charge in [-0.2, -0.15) is 0 Å².